The molecular formula is C24H21F2N3O. The zero-order valence-corrected chi connectivity index (χ0v) is 16.7. The first kappa shape index (κ1) is 20.9. The van der Waals surface area contributed by atoms with Gasteiger partial charge < -0.3 is 4.74 Å². The van der Waals surface area contributed by atoms with Gasteiger partial charge in [0, 0.05) is 12.6 Å². The van der Waals surface area contributed by atoms with Crippen molar-refractivity contribution in [3.05, 3.63) is 102 Å². The lowest BCUT2D eigenvalue weighted by Gasteiger charge is -2.11. The van der Waals surface area contributed by atoms with Gasteiger partial charge in [0.15, 0.2) is 0 Å². The lowest BCUT2D eigenvalue weighted by Crippen LogP contribution is -2.03. The highest BCUT2D eigenvalue weighted by Crippen LogP contribution is 2.26. The van der Waals surface area contributed by atoms with Crippen LogP contribution in [0.15, 0.2) is 83.6 Å². The Kier molecular flexibility index (Phi) is 6.70. The lowest BCUT2D eigenvalue weighted by atomic mass is 9.98. The minimum atomic E-state index is -0.665. The fourth-order valence-corrected chi connectivity index (χ4v) is 2.92. The topological polar surface area (TPSA) is 46.0 Å². The van der Waals surface area contributed by atoms with E-state index in [0.717, 1.165) is 28.5 Å². The minimum absolute atomic E-state index is 0.191. The Hall–Kier alpha value is -3.80. The van der Waals surface area contributed by atoms with Crippen molar-refractivity contribution in [2.24, 2.45) is 10.1 Å². The second kappa shape index (κ2) is 9.60. The molecule has 3 aromatic carbocycles. The van der Waals surface area contributed by atoms with Crippen LogP contribution in [0.1, 0.15) is 16.7 Å². The van der Waals surface area contributed by atoms with Crippen LogP contribution in [0.2, 0.25) is 0 Å². The number of aliphatic imine (C=N–C) groups is 1. The van der Waals surface area contributed by atoms with Crippen molar-refractivity contribution in [2.45, 2.75) is 6.92 Å². The highest BCUT2D eigenvalue weighted by Gasteiger charge is 2.09. The van der Waals surface area contributed by atoms with E-state index in [1.54, 1.807) is 7.05 Å². The maximum absolute atomic E-state index is 13.6. The minimum Gasteiger partial charge on any atom is -0.447 e. The molecule has 0 atom stereocenters. The molecule has 152 valence electrons. The van der Waals surface area contributed by atoms with Crippen LogP contribution >= 0.6 is 0 Å². The quantitative estimate of drug-likeness (QED) is 0.239. The van der Waals surface area contributed by atoms with Crippen LogP contribution in [0, 0.1) is 18.6 Å². The fraction of sp³-hybridized carbons (Fsp3) is 0.0833. The third-order valence-electron chi connectivity index (χ3n) is 4.47. The molecule has 0 aliphatic heterocycles. The number of halogens is 2. The van der Waals surface area contributed by atoms with E-state index in [-0.39, 0.29) is 5.56 Å². The van der Waals surface area contributed by atoms with E-state index in [9.17, 15) is 8.78 Å². The molecule has 6 heteroatoms. The van der Waals surface area contributed by atoms with E-state index >= 15 is 0 Å². The average Bonchev–Trinajstić information content (AvgIpc) is 2.75. The predicted octanol–water partition coefficient (Wildman–Crippen LogP) is 5.92. The molecule has 0 spiro atoms. The largest absolute Gasteiger partial charge is 0.447 e. The van der Waals surface area contributed by atoms with Gasteiger partial charge in [0.25, 0.3) is 0 Å². The molecule has 1 N–H and O–H groups in total. The van der Waals surface area contributed by atoms with Crippen molar-refractivity contribution in [1.29, 1.82) is 0 Å². The van der Waals surface area contributed by atoms with Gasteiger partial charge in [-0.15, -0.1) is 0 Å². The predicted molar refractivity (Wildman–Crippen MR) is 118 cm³/mol. The van der Waals surface area contributed by atoms with Crippen molar-refractivity contribution in [1.82, 2.24) is 0 Å². The average molecular weight is 405 g/mol. The first-order valence-corrected chi connectivity index (χ1v) is 9.22. The highest BCUT2D eigenvalue weighted by atomic mass is 19.1. The standard InChI is InChI=1S/C24H21F2N3O/c1-4-30-24(27-3)18-9-8-16(2)20(14-18)17-10-12-19(13-11-17)29-28-15-21-22(25)6-5-7-23(21)26/h4-15,29H,1H2,2-3H3/b27-24?,28-15+. The van der Waals surface area contributed by atoms with Crippen molar-refractivity contribution >= 4 is 17.8 Å². The third-order valence-corrected chi connectivity index (χ3v) is 4.47. The highest BCUT2D eigenvalue weighted by molar-refractivity contribution is 5.96. The fourth-order valence-electron chi connectivity index (χ4n) is 2.92. The van der Waals surface area contributed by atoms with Crippen LogP contribution in [-0.4, -0.2) is 19.2 Å². The second-order valence-corrected chi connectivity index (χ2v) is 6.43. The van der Waals surface area contributed by atoms with Crippen LogP contribution in [0.3, 0.4) is 0 Å². The first-order chi connectivity index (χ1) is 14.5. The Balaban J connectivity index is 1.79. The molecule has 4 nitrogen and oxygen atoms in total. The number of hydrogen-bond acceptors (Lipinski definition) is 4. The molecule has 0 heterocycles. The SMILES string of the molecule is C=COC(=NC)c1ccc(C)c(-c2ccc(N/N=C/c3c(F)cccc3F)cc2)c1. The van der Waals surface area contributed by atoms with E-state index in [0.29, 0.717) is 11.6 Å². The van der Waals surface area contributed by atoms with Crippen LogP contribution in [-0.2, 0) is 4.74 Å². The molecule has 0 unspecified atom stereocenters. The summed E-state index contributed by atoms with van der Waals surface area (Å²) in [5.41, 5.74) is 7.25. The number of hydrazone groups is 1. The van der Waals surface area contributed by atoms with Gasteiger partial charge in [-0.2, -0.15) is 5.10 Å². The Bertz CT molecular complexity index is 1090. The first-order valence-electron chi connectivity index (χ1n) is 9.22. The summed E-state index contributed by atoms with van der Waals surface area (Å²) >= 11 is 0. The molecule has 0 aliphatic carbocycles. The smallest absolute Gasteiger partial charge is 0.220 e. The van der Waals surface area contributed by atoms with Gasteiger partial charge in [-0.05, 0) is 60.0 Å². The van der Waals surface area contributed by atoms with Crippen LogP contribution in [0.4, 0.5) is 14.5 Å². The van der Waals surface area contributed by atoms with E-state index < -0.39 is 11.6 Å². The van der Waals surface area contributed by atoms with Gasteiger partial charge in [0.2, 0.25) is 5.90 Å². The van der Waals surface area contributed by atoms with Crippen molar-refractivity contribution < 1.29 is 13.5 Å². The second-order valence-electron chi connectivity index (χ2n) is 6.43. The molecule has 0 radical (unpaired) electrons. The summed E-state index contributed by atoms with van der Waals surface area (Å²) < 4.78 is 32.6. The van der Waals surface area contributed by atoms with E-state index in [1.165, 1.54) is 24.5 Å². The molecule has 30 heavy (non-hydrogen) atoms. The van der Waals surface area contributed by atoms with Crippen molar-refractivity contribution in [2.75, 3.05) is 12.5 Å². The van der Waals surface area contributed by atoms with Gasteiger partial charge in [0.05, 0.1) is 23.7 Å². The zero-order valence-electron chi connectivity index (χ0n) is 16.7. The summed E-state index contributed by atoms with van der Waals surface area (Å²) in [6, 6.07) is 17.2. The number of hydrogen-bond donors (Lipinski definition) is 1. The third kappa shape index (κ3) is 4.78. The maximum atomic E-state index is 13.6. The number of rotatable bonds is 6. The van der Waals surface area contributed by atoms with E-state index in [2.05, 4.69) is 22.1 Å². The van der Waals surface area contributed by atoms with Gasteiger partial charge in [-0.25, -0.2) is 8.78 Å². The molecule has 0 saturated heterocycles. The van der Waals surface area contributed by atoms with Gasteiger partial charge >= 0.3 is 0 Å². The summed E-state index contributed by atoms with van der Waals surface area (Å²) in [6.45, 7) is 5.60. The van der Waals surface area contributed by atoms with E-state index in [4.69, 9.17) is 4.74 Å². The number of ether oxygens (including phenoxy) is 1. The number of benzene rings is 3. The molecular weight excluding hydrogens is 384 g/mol. The Morgan fingerprint density at radius 2 is 1.73 bits per heavy atom. The van der Waals surface area contributed by atoms with E-state index in [1.807, 2.05) is 49.4 Å². The summed E-state index contributed by atoms with van der Waals surface area (Å²) in [7, 11) is 1.66. The maximum Gasteiger partial charge on any atom is 0.220 e. The molecule has 0 bridgehead atoms. The molecule has 3 rings (SSSR count). The number of aryl methyl sites for hydroxylation is 1. The molecule has 0 aromatic heterocycles. The van der Waals surface area contributed by atoms with Gasteiger partial charge in [0.1, 0.15) is 11.6 Å². The lowest BCUT2D eigenvalue weighted by molar-refractivity contribution is 0.475. The Morgan fingerprint density at radius 1 is 1.03 bits per heavy atom. The Labute approximate surface area is 174 Å². The molecule has 3 aromatic rings. The molecule has 0 fully saturated rings. The molecule has 0 amide bonds. The Morgan fingerprint density at radius 3 is 2.37 bits per heavy atom. The normalized spacial score (nSPS) is 11.5. The van der Waals surface area contributed by atoms with Crippen molar-refractivity contribution in [3.8, 4) is 11.1 Å². The van der Waals surface area contributed by atoms with Crippen LogP contribution in [0.25, 0.3) is 11.1 Å². The van der Waals surface area contributed by atoms with Gasteiger partial charge in [-0.1, -0.05) is 30.8 Å². The van der Waals surface area contributed by atoms with Crippen LogP contribution < -0.4 is 5.43 Å². The number of anilines is 1. The van der Waals surface area contributed by atoms with Gasteiger partial charge in [-0.3, -0.25) is 10.4 Å². The zero-order chi connectivity index (χ0) is 21.5. The monoisotopic (exact) mass is 405 g/mol. The summed E-state index contributed by atoms with van der Waals surface area (Å²) in [6.07, 6.45) is 2.47. The summed E-state index contributed by atoms with van der Waals surface area (Å²) in [4.78, 5) is 4.14. The summed E-state index contributed by atoms with van der Waals surface area (Å²) in [5, 5.41) is 3.93. The molecule has 0 aliphatic rings. The van der Waals surface area contributed by atoms with Crippen molar-refractivity contribution in [3.63, 3.8) is 0 Å². The molecule has 0 saturated carbocycles. The number of nitrogens with zero attached hydrogens (tertiary/aromatic N) is 2. The number of nitrogens with one attached hydrogen (secondary N) is 1. The summed E-state index contributed by atoms with van der Waals surface area (Å²) in [5.74, 6) is -0.845. The van der Waals surface area contributed by atoms with Crippen LogP contribution in [0.5, 0.6) is 0 Å².